The van der Waals surface area contributed by atoms with Crippen molar-refractivity contribution in [3.05, 3.63) is 65.5 Å². The summed E-state index contributed by atoms with van der Waals surface area (Å²) in [6.45, 7) is 2.54. The van der Waals surface area contributed by atoms with Crippen molar-refractivity contribution in [3.8, 4) is 0 Å². The van der Waals surface area contributed by atoms with Crippen LogP contribution in [0.15, 0.2) is 48.8 Å². The first-order chi connectivity index (χ1) is 9.18. The number of nitrogens with zero attached hydrogens (tertiary/aromatic N) is 1. The summed E-state index contributed by atoms with van der Waals surface area (Å²) in [7, 11) is 0. The summed E-state index contributed by atoms with van der Waals surface area (Å²) in [6, 6.07) is 11.0. The van der Waals surface area contributed by atoms with Gasteiger partial charge >= 0.3 is 5.97 Å². The summed E-state index contributed by atoms with van der Waals surface area (Å²) in [6.07, 6.45) is 3.54. The van der Waals surface area contributed by atoms with Crippen LogP contribution in [-0.4, -0.2) is 16.1 Å². The van der Waals surface area contributed by atoms with Gasteiger partial charge in [0.15, 0.2) is 0 Å². The van der Waals surface area contributed by atoms with E-state index in [1.807, 2.05) is 31.2 Å². The highest BCUT2D eigenvalue weighted by molar-refractivity contribution is 5.89. The zero-order chi connectivity index (χ0) is 13.7. The third-order valence-corrected chi connectivity index (χ3v) is 3.03. The quantitative estimate of drug-likeness (QED) is 0.863. The molecule has 2 N–H and O–H groups in total. The first kappa shape index (κ1) is 13.2. The minimum atomic E-state index is -0.897. The molecule has 0 radical (unpaired) electrons. The molecule has 2 rings (SSSR count). The van der Waals surface area contributed by atoms with Crippen molar-refractivity contribution in [1.82, 2.24) is 10.3 Å². The van der Waals surface area contributed by atoms with Crippen LogP contribution in [0, 0.1) is 0 Å². The van der Waals surface area contributed by atoms with E-state index in [2.05, 4.69) is 10.3 Å². The summed E-state index contributed by atoms with van der Waals surface area (Å²) >= 11 is 0. The molecule has 19 heavy (non-hydrogen) atoms. The Morgan fingerprint density at radius 3 is 2.79 bits per heavy atom. The minimum Gasteiger partial charge on any atom is -0.478 e. The minimum absolute atomic E-state index is 0.121. The third kappa shape index (κ3) is 3.39. The maximum Gasteiger partial charge on any atom is 0.336 e. The molecular weight excluding hydrogens is 240 g/mol. The van der Waals surface area contributed by atoms with E-state index in [9.17, 15) is 4.79 Å². The Labute approximate surface area is 112 Å². The van der Waals surface area contributed by atoms with Gasteiger partial charge in [0.05, 0.1) is 5.56 Å². The molecule has 2 aromatic rings. The van der Waals surface area contributed by atoms with Gasteiger partial charge in [0.25, 0.3) is 0 Å². The molecule has 0 aliphatic carbocycles. The Kier molecular flexibility index (Phi) is 4.26. The second kappa shape index (κ2) is 6.11. The lowest BCUT2D eigenvalue weighted by Crippen LogP contribution is -2.19. The SMILES string of the molecule is CC(NCc1ccccc1C(=O)O)c1cccnc1. The van der Waals surface area contributed by atoms with Crippen LogP contribution in [0.3, 0.4) is 0 Å². The Hall–Kier alpha value is -2.20. The summed E-state index contributed by atoms with van der Waals surface area (Å²) in [5.74, 6) is -0.897. The number of carbonyl (C=O) groups is 1. The zero-order valence-corrected chi connectivity index (χ0v) is 10.7. The Balaban J connectivity index is 2.05. The van der Waals surface area contributed by atoms with Gasteiger partial charge in [0, 0.05) is 25.0 Å². The second-order valence-electron chi connectivity index (χ2n) is 4.35. The number of hydrogen-bond donors (Lipinski definition) is 2. The number of aromatic carboxylic acids is 1. The van der Waals surface area contributed by atoms with E-state index in [1.54, 1.807) is 24.5 Å². The van der Waals surface area contributed by atoms with E-state index in [0.29, 0.717) is 12.1 Å². The van der Waals surface area contributed by atoms with Crippen LogP contribution in [-0.2, 0) is 6.54 Å². The lowest BCUT2D eigenvalue weighted by atomic mass is 10.1. The lowest BCUT2D eigenvalue weighted by molar-refractivity contribution is 0.0695. The van der Waals surface area contributed by atoms with Crippen LogP contribution < -0.4 is 5.32 Å². The van der Waals surface area contributed by atoms with E-state index >= 15 is 0 Å². The van der Waals surface area contributed by atoms with E-state index in [0.717, 1.165) is 11.1 Å². The largest absolute Gasteiger partial charge is 0.478 e. The number of hydrogen-bond acceptors (Lipinski definition) is 3. The van der Waals surface area contributed by atoms with Crippen molar-refractivity contribution in [2.24, 2.45) is 0 Å². The molecule has 0 amide bonds. The highest BCUT2D eigenvalue weighted by atomic mass is 16.4. The van der Waals surface area contributed by atoms with E-state index in [1.165, 1.54) is 0 Å². The van der Waals surface area contributed by atoms with E-state index in [4.69, 9.17) is 5.11 Å². The number of aromatic nitrogens is 1. The molecule has 1 atom stereocenters. The average molecular weight is 256 g/mol. The topological polar surface area (TPSA) is 62.2 Å². The van der Waals surface area contributed by atoms with Crippen LogP contribution in [0.2, 0.25) is 0 Å². The molecule has 0 fully saturated rings. The van der Waals surface area contributed by atoms with Crippen LogP contribution in [0.1, 0.15) is 34.5 Å². The van der Waals surface area contributed by atoms with Crippen LogP contribution in [0.4, 0.5) is 0 Å². The van der Waals surface area contributed by atoms with E-state index in [-0.39, 0.29) is 6.04 Å². The molecule has 4 nitrogen and oxygen atoms in total. The number of pyridine rings is 1. The normalized spacial score (nSPS) is 12.1. The molecule has 4 heteroatoms. The lowest BCUT2D eigenvalue weighted by Gasteiger charge is -2.14. The predicted octanol–water partition coefficient (Wildman–Crippen LogP) is 2.63. The predicted molar refractivity (Wildman–Crippen MR) is 72.9 cm³/mol. The molecule has 1 aromatic heterocycles. The van der Waals surface area contributed by atoms with Gasteiger partial charge in [-0.3, -0.25) is 4.98 Å². The summed E-state index contributed by atoms with van der Waals surface area (Å²) in [4.78, 5) is 15.2. The summed E-state index contributed by atoms with van der Waals surface area (Å²) in [5.41, 5.74) is 2.20. The molecule has 0 bridgehead atoms. The maximum absolute atomic E-state index is 11.1. The van der Waals surface area contributed by atoms with Crippen molar-refractivity contribution in [2.45, 2.75) is 19.5 Å². The molecule has 0 aliphatic heterocycles. The van der Waals surface area contributed by atoms with Gasteiger partial charge in [-0.05, 0) is 30.2 Å². The molecule has 98 valence electrons. The fourth-order valence-electron chi connectivity index (χ4n) is 1.90. The molecule has 0 saturated heterocycles. The second-order valence-corrected chi connectivity index (χ2v) is 4.35. The van der Waals surface area contributed by atoms with Crippen molar-refractivity contribution in [1.29, 1.82) is 0 Å². The first-order valence-corrected chi connectivity index (χ1v) is 6.13. The van der Waals surface area contributed by atoms with Gasteiger partial charge in [-0.2, -0.15) is 0 Å². The van der Waals surface area contributed by atoms with Crippen molar-refractivity contribution >= 4 is 5.97 Å². The molecule has 0 spiro atoms. The van der Waals surface area contributed by atoms with Crippen LogP contribution in [0.25, 0.3) is 0 Å². The molecular formula is C15H16N2O2. The average Bonchev–Trinajstić information content (AvgIpc) is 2.46. The monoisotopic (exact) mass is 256 g/mol. The first-order valence-electron chi connectivity index (χ1n) is 6.13. The number of rotatable bonds is 5. The van der Waals surface area contributed by atoms with E-state index < -0.39 is 5.97 Å². The maximum atomic E-state index is 11.1. The van der Waals surface area contributed by atoms with Gasteiger partial charge < -0.3 is 10.4 Å². The van der Waals surface area contributed by atoms with Gasteiger partial charge in [0.2, 0.25) is 0 Å². The highest BCUT2D eigenvalue weighted by Crippen LogP contribution is 2.13. The smallest absolute Gasteiger partial charge is 0.336 e. The fraction of sp³-hybridized carbons (Fsp3) is 0.200. The van der Waals surface area contributed by atoms with Crippen molar-refractivity contribution in [3.63, 3.8) is 0 Å². The molecule has 1 aromatic carbocycles. The number of nitrogens with one attached hydrogen (secondary N) is 1. The van der Waals surface area contributed by atoms with Gasteiger partial charge in [0.1, 0.15) is 0 Å². The Morgan fingerprint density at radius 2 is 2.11 bits per heavy atom. The fourth-order valence-corrected chi connectivity index (χ4v) is 1.90. The van der Waals surface area contributed by atoms with Crippen molar-refractivity contribution < 1.29 is 9.90 Å². The molecule has 1 unspecified atom stereocenters. The molecule has 0 aliphatic rings. The van der Waals surface area contributed by atoms with Crippen LogP contribution >= 0.6 is 0 Å². The van der Waals surface area contributed by atoms with Gasteiger partial charge in [-0.25, -0.2) is 4.79 Å². The van der Waals surface area contributed by atoms with Gasteiger partial charge in [-0.1, -0.05) is 24.3 Å². The Bertz CT molecular complexity index is 555. The third-order valence-electron chi connectivity index (χ3n) is 3.03. The van der Waals surface area contributed by atoms with Crippen LogP contribution in [0.5, 0.6) is 0 Å². The number of benzene rings is 1. The molecule has 0 saturated carbocycles. The Morgan fingerprint density at radius 1 is 1.32 bits per heavy atom. The number of carboxylic acid groups (broad SMARTS) is 1. The summed E-state index contributed by atoms with van der Waals surface area (Å²) in [5, 5.41) is 12.4. The number of carboxylic acids is 1. The summed E-state index contributed by atoms with van der Waals surface area (Å²) < 4.78 is 0. The van der Waals surface area contributed by atoms with Gasteiger partial charge in [-0.15, -0.1) is 0 Å². The standard InChI is InChI=1S/C15H16N2O2/c1-11(12-6-4-8-16-9-12)17-10-13-5-2-3-7-14(13)15(18)19/h2-9,11,17H,10H2,1H3,(H,18,19). The van der Waals surface area contributed by atoms with Crippen molar-refractivity contribution in [2.75, 3.05) is 0 Å². The highest BCUT2D eigenvalue weighted by Gasteiger charge is 2.10. The zero-order valence-electron chi connectivity index (χ0n) is 10.7. The molecule has 1 heterocycles.